The van der Waals surface area contributed by atoms with Crippen molar-refractivity contribution in [3.8, 4) is 5.75 Å². The first-order valence-corrected chi connectivity index (χ1v) is 5.70. The number of halogens is 1. The molecule has 1 aromatic heterocycles. The molecule has 1 N–H and O–H groups in total. The fraction of sp³-hybridized carbons (Fsp3) is 0.455. The zero-order chi connectivity index (χ0) is 11.4. The predicted octanol–water partition coefficient (Wildman–Crippen LogP) is 1.78. The summed E-state index contributed by atoms with van der Waals surface area (Å²) >= 11 is 5.86. The molecule has 1 aromatic rings. The van der Waals surface area contributed by atoms with Gasteiger partial charge in [-0.15, -0.1) is 0 Å². The molecule has 0 bridgehead atoms. The third-order valence-corrected chi connectivity index (χ3v) is 2.76. The summed E-state index contributed by atoms with van der Waals surface area (Å²) in [5, 5.41) is 3.10. The van der Waals surface area contributed by atoms with Crippen molar-refractivity contribution < 1.29 is 9.53 Å². The number of ether oxygens (including phenoxy) is 1. The molecule has 0 aromatic carbocycles. The number of aromatic nitrogens is 1. The number of hydrogen-bond donors (Lipinski definition) is 1. The van der Waals surface area contributed by atoms with Crippen LogP contribution in [0, 0.1) is 0 Å². The summed E-state index contributed by atoms with van der Waals surface area (Å²) in [4.78, 5) is 15.5. The van der Waals surface area contributed by atoms with Crippen molar-refractivity contribution in [3.63, 3.8) is 0 Å². The summed E-state index contributed by atoms with van der Waals surface area (Å²) in [6, 6.07) is 3.45. The molecule has 0 spiro atoms. The van der Waals surface area contributed by atoms with E-state index in [1.807, 2.05) is 0 Å². The van der Waals surface area contributed by atoms with E-state index in [0.29, 0.717) is 10.9 Å². The smallest absolute Gasteiger partial charge is 0.261 e. The Balaban J connectivity index is 2.08. The summed E-state index contributed by atoms with van der Waals surface area (Å²) < 4.78 is 5.57. The molecular formula is C11H13ClN2O2. The van der Waals surface area contributed by atoms with Gasteiger partial charge in [-0.25, -0.2) is 4.98 Å². The van der Waals surface area contributed by atoms with Crippen LogP contribution in [0.15, 0.2) is 18.3 Å². The van der Waals surface area contributed by atoms with Gasteiger partial charge in [0, 0.05) is 12.7 Å². The third-order valence-electron chi connectivity index (χ3n) is 2.48. The van der Waals surface area contributed by atoms with Crippen molar-refractivity contribution in [2.45, 2.75) is 25.4 Å². The van der Waals surface area contributed by atoms with Crippen molar-refractivity contribution in [2.24, 2.45) is 0 Å². The zero-order valence-electron chi connectivity index (χ0n) is 8.78. The Kier molecular flexibility index (Phi) is 3.62. The molecule has 1 fully saturated rings. The third kappa shape index (κ3) is 2.64. The molecule has 16 heavy (non-hydrogen) atoms. The Morgan fingerprint density at radius 3 is 3.19 bits per heavy atom. The van der Waals surface area contributed by atoms with Crippen LogP contribution in [0.2, 0.25) is 5.15 Å². The molecule has 0 aliphatic carbocycles. The maximum atomic E-state index is 11.6. The second-order valence-corrected chi connectivity index (χ2v) is 4.04. The Hall–Kier alpha value is -1.29. The molecule has 86 valence electrons. The summed E-state index contributed by atoms with van der Waals surface area (Å²) in [5.41, 5.74) is 0. The first-order chi connectivity index (χ1) is 7.77. The van der Waals surface area contributed by atoms with Crippen LogP contribution < -0.4 is 10.1 Å². The second kappa shape index (κ2) is 5.16. The molecule has 4 nitrogen and oxygen atoms in total. The van der Waals surface area contributed by atoms with Crippen LogP contribution in [0.1, 0.15) is 19.3 Å². The van der Waals surface area contributed by atoms with Gasteiger partial charge in [-0.05, 0) is 31.4 Å². The summed E-state index contributed by atoms with van der Waals surface area (Å²) in [6.07, 6.45) is 3.82. The minimum atomic E-state index is -0.454. The average Bonchev–Trinajstić information content (AvgIpc) is 2.48. The van der Waals surface area contributed by atoms with E-state index in [4.69, 9.17) is 16.3 Å². The Labute approximate surface area is 99.0 Å². The highest BCUT2D eigenvalue weighted by molar-refractivity contribution is 6.30. The lowest BCUT2D eigenvalue weighted by Crippen LogP contribution is -2.36. The highest BCUT2D eigenvalue weighted by Crippen LogP contribution is 2.23. The molecule has 1 unspecified atom stereocenters. The van der Waals surface area contributed by atoms with E-state index in [-0.39, 0.29) is 5.91 Å². The quantitative estimate of drug-likeness (QED) is 0.802. The van der Waals surface area contributed by atoms with Gasteiger partial charge in [-0.1, -0.05) is 11.6 Å². The van der Waals surface area contributed by atoms with Gasteiger partial charge in [0.1, 0.15) is 0 Å². The average molecular weight is 241 g/mol. The van der Waals surface area contributed by atoms with Crippen LogP contribution in [-0.2, 0) is 4.79 Å². The van der Waals surface area contributed by atoms with Crippen molar-refractivity contribution in [1.82, 2.24) is 10.3 Å². The van der Waals surface area contributed by atoms with Crippen molar-refractivity contribution >= 4 is 17.5 Å². The van der Waals surface area contributed by atoms with Crippen molar-refractivity contribution in [3.05, 3.63) is 23.5 Å². The molecule has 1 amide bonds. The first kappa shape index (κ1) is 11.2. The van der Waals surface area contributed by atoms with Gasteiger partial charge in [0.25, 0.3) is 5.91 Å². The topological polar surface area (TPSA) is 51.2 Å². The van der Waals surface area contributed by atoms with Crippen molar-refractivity contribution in [2.75, 3.05) is 6.54 Å². The monoisotopic (exact) mass is 240 g/mol. The lowest BCUT2D eigenvalue weighted by molar-refractivity contribution is -0.127. The molecule has 2 heterocycles. The lowest BCUT2D eigenvalue weighted by atomic mass is 10.2. The lowest BCUT2D eigenvalue weighted by Gasteiger charge is -2.15. The number of carbonyl (C=O) groups is 1. The molecule has 0 saturated carbocycles. The van der Waals surface area contributed by atoms with E-state index >= 15 is 0 Å². The fourth-order valence-electron chi connectivity index (χ4n) is 1.64. The van der Waals surface area contributed by atoms with Gasteiger partial charge in [-0.2, -0.15) is 0 Å². The summed E-state index contributed by atoms with van der Waals surface area (Å²) in [6.45, 7) is 0.722. The van der Waals surface area contributed by atoms with Crippen LogP contribution in [0.4, 0.5) is 0 Å². The predicted molar refractivity (Wildman–Crippen MR) is 60.5 cm³/mol. The van der Waals surface area contributed by atoms with Gasteiger partial charge in [-0.3, -0.25) is 4.79 Å². The molecular weight excluding hydrogens is 228 g/mol. The molecule has 2 rings (SSSR count). The number of carbonyl (C=O) groups excluding carboxylic acids is 1. The normalized spacial score (nSPS) is 21.1. The minimum Gasteiger partial charge on any atom is -0.477 e. The van der Waals surface area contributed by atoms with E-state index in [9.17, 15) is 4.79 Å². The SMILES string of the molecule is O=C1NCCCCC1Oc1cccnc1Cl. The molecule has 1 saturated heterocycles. The molecule has 1 atom stereocenters. The Morgan fingerprint density at radius 2 is 2.38 bits per heavy atom. The number of rotatable bonds is 2. The van der Waals surface area contributed by atoms with Crippen LogP contribution in [0.25, 0.3) is 0 Å². The summed E-state index contributed by atoms with van der Waals surface area (Å²) in [5.74, 6) is 0.392. The second-order valence-electron chi connectivity index (χ2n) is 3.69. The standard InChI is InChI=1S/C11H13ClN2O2/c12-10-8(5-3-7-13-10)16-9-4-1-2-6-14-11(9)15/h3,5,7,9H,1-2,4,6H2,(H,14,15). The maximum absolute atomic E-state index is 11.6. The molecule has 0 radical (unpaired) electrons. The van der Waals surface area contributed by atoms with Gasteiger partial charge in [0.05, 0.1) is 0 Å². The van der Waals surface area contributed by atoms with E-state index in [1.54, 1.807) is 18.3 Å². The number of amides is 1. The van der Waals surface area contributed by atoms with Crippen LogP contribution in [-0.4, -0.2) is 23.5 Å². The first-order valence-electron chi connectivity index (χ1n) is 5.32. The van der Waals surface area contributed by atoms with Gasteiger partial charge < -0.3 is 10.1 Å². The van der Waals surface area contributed by atoms with Crippen molar-refractivity contribution in [1.29, 1.82) is 0 Å². The van der Waals surface area contributed by atoms with E-state index in [1.165, 1.54) is 0 Å². The number of nitrogens with one attached hydrogen (secondary N) is 1. The van der Waals surface area contributed by atoms with Crippen LogP contribution in [0.3, 0.4) is 0 Å². The van der Waals surface area contributed by atoms with Crippen LogP contribution in [0.5, 0.6) is 5.75 Å². The van der Waals surface area contributed by atoms with E-state index < -0.39 is 6.10 Å². The van der Waals surface area contributed by atoms with Crippen LogP contribution >= 0.6 is 11.6 Å². The van der Waals surface area contributed by atoms with Gasteiger partial charge >= 0.3 is 0 Å². The molecule has 5 heteroatoms. The summed E-state index contributed by atoms with van der Waals surface area (Å²) in [7, 11) is 0. The van der Waals surface area contributed by atoms with Gasteiger partial charge in [0.2, 0.25) is 0 Å². The highest BCUT2D eigenvalue weighted by Gasteiger charge is 2.23. The molecule has 1 aliphatic rings. The minimum absolute atomic E-state index is 0.0718. The zero-order valence-corrected chi connectivity index (χ0v) is 9.54. The maximum Gasteiger partial charge on any atom is 0.261 e. The largest absolute Gasteiger partial charge is 0.477 e. The van der Waals surface area contributed by atoms with E-state index in [0.717, 1.165) is 25.8 Å². The number of nitrogens with zero attached hydrogens (tertiary/aromatic N) is 1. The molecule has 1 aliphatic heterocycles. The highest BCUT2D eigenvalue weighted by atomic mass is 35.5. The fourth-order valence-corrected chi connectivity index (χ4v) is 1.80. The Morgan fingerprint density at radius 1 is 1.50 bits per heavy atom. The number of hydrogen-bond acceptors (Lipinski definition) is 3. The van der Waals surface area contributed by atoms with E-state index in [2.05, 4.69) is 10.3 Å². The van der Waals surface area contributed by atoms with Gasteiger partial charge in [0.15, 0.2) is 17.0 Å². The Bertz CT molecular complexity index is 384. The number of pyridine rings is 1.